The summed E-state index contributed by atoms with van der Waals surface area (Å²) < 4.78 is 36.8. The Morgan fingerprint density at radius 3 is 2.71 bits per heavy atom. The molecule has 0 aliphatic rings. The van der Waals surface area contributed by atoms with Crippen LogP contribution in [-0.2, 0) is 17.5 Å². The second-order valence-corrected chi connectivity index (χ2v) is 4.35. The second-order valence-electron chi connectivity index (χ2n) is 3.40. The van der Waals surface area contributed by atoms with Gasteiger partial charge >= 0.3 is 6.18 Å². The van der Waals surface area contributed by atoms with Crippen LogP contribution in [0.3, 0.4) is 0 Å². The molecule has 96 valence electrons. The third-order valence-electron chi connectivity index (χ3n) is 1.97. The Morgan fingerprint density at radius 1 is 1.59 bits per heavy atom. The number of likely N-dealkylation sites (N-methyl/N-ethyl adjacent to an activating group) is 2. The molecule has 0 aliphatic carbocycles. The van der Waals surface area contributed by atoms with E-state index >= 15 is 0 Å². The molecule has 8 heteroatoms. The highest BCUT2D eigenvalue weighted by atomic mass is 32.1. The van der Waals surface area contributed by atoms with Crippen molar-refractivity contribution in [2.45, 2.75) is 12.7 Å². The van der Waals surface area contributed by atoms with Crippen molar-refractivity contribution >= 4 is 17.2 Å². The summed E-state index contributed by atoms with van der Waals surface area (Å²) in [6, 6.07) is 0. The summed E-state index contributed by atoms with van der Waals surface area (Å²) in [4.78, 5) is 16.1. The summed E-state index contributed by atoms with van der Waals surface area (Å²) >= 11 is 0.895. The van der Waals surface area contributed by atoms with Crippen LogP contribution in [-0.4, -0.2) is 36.4 Å². The van der Waals surface area contributed by atoms with Crippen LogP contribution in [0.4, 0.5) is 13.2 Å². The quantitative estimate of drug-likeness (QED) is 0.895. The highest BCUT2D eigenvalue weighted by Crippen LogP contribution is 2.30. The van der Waals surface area contributed by atoms with E-state index in [2.05, 4.69) is 10.3 Å². The van der Waals surface area contributed by atoms with Gasteiger partial charge in [0.1, 0.15) is 5.01 Å². The minimum Gasteiger partial charge on any atom is -0.338 e. The van der Waals surface area contributed by atoms with Crippen molar-refractivity contribution in [3.8, 4) is 0 Å². The van der Waals surface area contributed by atoms with Crippen molar-refractivity contribution < 1.29 is 18.0 Å². The first-order chi connectivity index (χ1) is 7.84. The molecule has 0 saturated heterocycles. The maximum Gasteiger partial charge on any atom is 0.434 e. The van der Waals surface area contributed by atoms with Crippen LogP contribution in [0, 0.1) is 0 Å². The van der Waals surface area contributed by atoms with Gasteiger partial charge in [0.25, 0.3) is 0 Å². The van der Waals surface area contributed by atoms with E-state index < -0.39 is 11.9 Å². The van der Waals surface area contributed by atoms with Crippen LogP contribution >= 0.6 is 11.3 Å². The molecule has 0 saturated carbocycles. The molecule has 0 bridgehead atoms. The van der Waals surface area contributed by atoms with Crippen LogP contribution in [0.2, 0.25) is 0 Å². The minimum absolute atomic E-state index is 0.0846. The molecular formula is C9H12F3N3OS. The summed E-state index contributed by atoms with van der Waals surface area (Å²) in [5.74, 6) is -0.198. The highest BCUT2D eigenvalue weighted by molar-refractivity contribution is 7.09. The topological polar surface area (TPSA) is 45.2 Å². The van der Waals surface area contributed by atoms with Gasteiger partial charge in [-0.15, -0.1) is 11.3 Å². The number of hydrogen-bond acceptors (Lipinski definition) is 4. The fourth-order valence-electron chi connectivity index (χ4n) is 1.09. The van der Waals surface area contributed by atoms with E-state index in [0.717, 1.165) is 16.7 Å². The molecule has 0 spiro atoms. The lowest BCUT2D eigenvalue weighted by Gasteiger charge is -2.15. The van der Waals surface area contributed by atoms with Crippen molar-refractivity contribution in [2.75, 3.05) is 20.6 Å². The number of rotatable bonds is 4. The average Bonchev–Trinajstić information content (AvgIpc) is 2.66. The summed E-state index contributed by atoms with van der Waals surface area (Å²) in [6.45, 7) is 0.231. The van der Waals surface area contributed by atoms with Crippen LogP contribution in [0.1, 0.15) is 10.7 Å². The molecule has 0 fully saturated rings. The summed E-state index contributed by atoms with van der Waals surface area (Å²) in [5, 5.41) is 3.89. The van der Waals surface area contributed by atoms with Crippen molar-refractivity contribution in [3.63, 3.8) is 0 Å². The largest absolute Gasteiger partial charge is 0.434 e. The Labute approximate surface area is 100 Å². The SMILES string of the molecule is CNCC(=O)N(C)Cc1nc(C(F)(F)F)cs1. The summed E-state index contributed by atoms with van der Waals surface area (Å²) in [6.07, 6.45) is -4.43. The van der Waals surface area contributed by atoms with Gasteiger partial charge < -0.3 is 10.2 Å². The fourth-order valence-corrected chi connectivity index (χ4v) is 1.94. The molecule has 1 rings (SSSR count). The highest BCUT2D eigenvalue weighted by Gasteiger charge is 2.33. The lowest BCUT2D eigenvalue weighted by Crippen LogP contribution is -2.33. The summed E-state index contributed by atoms with van der Waals surface area (Å²) in [7, 11) is 3.14. The van der Waals surface area contributed by atoms with Gasteiger partial charge in [-0.3, -0.25) is 4.79 Å². The van der Waals surface area contributed by atoms with Gasteiger partial charge in [-0.1, -0.05) is 0 Å². The van der Waals surface area contributed by atoms with Crippen molar-refractivity contribution in [3.05, 3.63) is 16.1 Å². The number of nitrogens with zero attached hydrogens (tertiary/aromatic N) is 2. The Balaban J connectivity index is 2.64. The number of halogens is 3. The third-order valence-corrected chi connectivity index (χ3v) is 2.80. The smallest absolute Gasteiger partial charge is 0.338 e. The lowest BCUT2D eigenvalue weighted by atomic mass is 10.4. The van der Waals surface area contributed by atoms with E-state index in [1.807, 2.05) is 0 Å². The second kappa shape index (κ2) is 5.46. The predicted molar refractivity (Wildman–Crippen MR) is 57.5 cm³/mol. The lowest BCUT2D eigenvalue weighted by molar-refractivity contribution is -0.140. The molecule has 0 atom stereocenters. The number of hydrogen-bond donors (Lipinski definition) is 1. The Bertz CT molecular complexity index is 391. The van der Waals surface area contributed by atoms with E-state index in [-0.39, 0.29) is 24.0 Å². The molecule has 1 heterocycles. The van der Waals surface area contributed by atoms with Crippen LogP contribution in [0.5, 0.6) is 0 Å². The maximum atomic E-state index is 12.3. The van der Waals surface area contributed by atoms with Gasteiger partial charge in [0.2, 0.25) is 5.91 Å². The van der Waals surface area contributed by atoms with Gasteiger partial charge in [0, 0.05) is 12.4 Å². The van der Waals surface area contributed by atoms with Crippen molar-refractivity contribution in [1.82, 2.24) is 15.2 Å². The number of carbonyl (C=O) groups excluding carboxylic acids is 1. The molecule has 17 heavy (non-hydrogen) atoms. The molecule has 0 aliphatic heterocycles. The van der Waals surface area contributed by atoms with Gasteiger partial charge in [0.15, 0.2) is 5.69 Å². The Morgan fingerprint density at radius 2 is 2.24 bits per heavy atom. The molecule has 1 aromatic heterocycles. The summed E-state index contributed by atoms with van der Waals surface area (Å²) in [5.41, 5.74) is -0.910. The van der Waals surface area contributed by atoms with E-state index in [1.54, 1.807) is 7.05 Å². The van der Waals surface area contributed by atoms with Gasteiger partial charge in [0.05, 0.1) is 13.1 Å². The zero-order chi connectivity index (χ0) is 13.1. The van der Waals surface area contributed by atoms with Gasteiger partial charge in [-0.25, -0.2) is 4.98 Å². The van der Waals surface area contributed by atoms with Crippen molar-refractivity contribution in [1.29, 1.82) is 0 Å². The molecule has 4 nitrogen and oxygen atoms in total. The first kappa shape index (κ1) is 13.9. The molecular weight excluding hydrogens is 255 g/mol. The van der Waals surface area contributed by atoms with E-state index in [4.69, 9.17) is 0 Å². The molecule has 0 aromatic carbocycles. The number of thiazole rings is 1. The predicted octanol–water partition coefficient (Wildman–Crippen LogP) is 1.34. The van der Waals surface area contributed by atoms with Crippen molar-refractivity contribution in [2.24, 2.45) is 0 Å². The Hall–Kier alpha value is -1.15. The van der Waals surface area contributed by atoms with Gasteiger partial charge in [-0.2, -0.15) is 13.2 Å². The normalized spacial score (nSPS) is 11.6. The molecule has 0 unspecified atom stereocenters. The maximum absolute atomic E-state index is 12.3. The number of amides is 1. The average molecular weight is 267 g/mol. The molecule has 1 aromatic rings. The zero-order valence-corrected chi connectivity index (χ0v) is 10.2. The number of nitrogens with one attached hydrogen (secondary N) is 1. The monoisotopic (exact) mass is 267 g/mol. The van der Waals surface area contributed by atoms with E-state index in [1.165, 1.54) is 11.9 Å². The van der Waals surface area contributed by atoms with Crippen LogP contribution in [0.25, 0.3) is 0 Å². The van der Waals surface area contributed by atoms with E-state index in [9.17, 15) is 18.0 Å². The number of carbonyl (C=O) groups is 1. The van der Waals surface area contributed by atoms with Crippen LogP contribution in [0.15, 0.2) is 5.38 Å². The first-order valence-corrected chi connectivity index (χ1v) is 5.62. The van der Waals surface area contributed by atoms with E-state index in [0.29, 0.717) is 0 Å². The van der Waals surface area contributed by atoms with Crippen LogP contribution < -0.4 is 5.32 Å². The fraction of sp³-hybridized carbons (Fsp3) is 0.556. The number of aromatic nitrogens is 1. The third kappa shape index (κ3) is 3.97. The minimum atomic E-state index is -4.43. The standard InChI is InChI=1S/C9H12F3N3OS/c1-13-3-8(16)15(2)4-7-14-6(5-17-7)9(10,11)12/h5,13H,3-4H2,1-2H3. The zero-order valence-electron chi connectivity index (χ0n) is 9.34. The molecule has 0 radical (unpaired) electrons. The number of alkyl halides is 3. The molecule has 1 N–H and O–H groups in total. The van der Waals surface area contributed by atoms with Gasteiger partial charge in [-0.05, 0) is 7.05 Å². The molecule has 1 amide bonds. The first-order valence-electron chi connectivity index (χ1n) is 4.74. The Kier molecular flexibility index (Phi) is 4.47.